The van der Waals surface area contributed by atoms with Gasteiger partial charge in [0.05, 0.1) is 23.4 Å². The van der Waals surface area contributed by atoms with Gasteiger partial charge in [-0.2, -0.15) is 0 Å². The zero-order chi connectivity index (χ0) is 19.9. The van der Waals surface area contributed by atoms with Gasteiger partial charge in [-0.05, 0) is 48.9 Å². The van der Waals surface area contributed by atoms with Crippen molar-refractivity contribution in [1.82, 2.24) is 9.78 Å². The van der Waals surface area contributed by atoms with Crippen molar-refractivity contribution in [3.63, 3.8) is 0 Å². The molecule has 1 aromatic heterocycles. The number of aromatic nitrogens is 3. The largest absolute Gasteiger partial charge is 0.748 e. The summed E-state index contributed by atoms with van der Waals surface area (Å²) in [6.07, 6.45) is 5.87. The third-order valence-corrected chi connectivity index (χ3v) is 3.28. The highest BCUT2D eigenvalue weighted by Gasteiger charge is 2.07. The molecule has 0 aliphatic carbocycles. The van der Waals surface area contributed by atoms with Gasteiger partial charge in [-0.25, -0.2) is 8.42 Å². The predicted molar refractivity (Wildman–Crippen MR) is 100 cm³/mol. The molecule has 0 aliphatic rings. The Morgan fingerprint density at radius 1 is 1.15 bits per heavy atom. The van der Waals surface area contributed by atoms with E-state index in [2.05, 4.69) is 29.3 Å². The van der Waals surface area contributed by atoms with Gasteiger partial charge in [-0.15, -0.1) is 9.78 Å². The lowest BCUT2D eigenvalue weighted by molar-refractivity contribution is -0.678. The van der Waals surface area contributed by atoms with Crippen LogP contribution in [0.5, 0.6) is 5.75 Å². The van der Waals surface area contributed by atoms with Crippen molar-refractivity contribution in [1.29, 1.82) is 0 Å². The molecule has 3 rings (SSSR count). The first-order chi connectivity index (χ1) is 12.7. The number of hydrogen-bond donors (Lipinski definition) is 0. The van der Waals surface area contributed by atoms with E-state index in [0.717, 1.165) is 17.0 Å². The van der Waals surface area contributed by atoms with E-state index in [1.807, 2.05) is 42.7 Å². The van der Waals surface area contributed by atoms with Crippen LogP contribution in [0.3, 0.4) is 0 Å². The molecule has 0 radical (unpaired) electrons. The monoisotopic (exact) mass is 388 g/mol. The molecule has 0 atom stereocenters. The summed E-state index contributed by atoms with van der Waals surface area (Å²) in [4.78, 5) is 0. The molecule has 9 heteroatoms. The van der Waals surface area contributed by atoms with Crippen LogP contribution in [-0.2, 0) is 10.1 Å². The topological polar surface area (TPSA) is 100 Å². The van der Waals surface area contributed by atoms with Crippen LogP contribution in [0.2, 0.25) is 0 Å². The summed E-state index contributed by atoms with van der Waals surface area (Å²) >= 11 is 0. The quantitative estimate of drug-likeness (QED) is 0.383. The van der Waals surface area contributed by atoms with Crippen molar-refractivity contribution in [2.45, 2.75) is 6.92 Å². The number of rotatable bonds is 4. The number of hydrogen-bond acceptors (Lipinski definition) is 6. The Morgan fingerprint density at radius 2 is 1.74 bits per heavy atom. The molecule has 0 saturated carbocycles. The fourth-order valence-electron chi connectivity index (χ4n) is 1.99. The number of ether oxygens (including phenoxy) is 1. The number of nitrogens with zero attached hydrogens (tertiary/aromatic N) is 4. The van der Waals surface area contributed by atoms with Crippen LogP contribution in [0.4, 0.5) is 0 Å². The van der Waals surface area contributed by atoms with Gasteiger partial charge < -0.3 is 9.29 Å². The third kappa shape index (κ3) is 7.38. The molecular weight excluding hydrogens is 368 g/mol. The third-order valence-electron chi connectivity index (χ3n) is 3.28. The summed E-state index contributed by atoms with van der Waals surface area (Å²) in [5.41, 5.74) is 3.22. The Hall–Kier alpha value is -3.04. The highest BCUT2D eigenvalue weighted by Crippen LogP contribution is 2.09. The molecule has 2 aromatic carbocycles. The Labute approximate surface area is 158 Å². The normalized spacial score (nSPS) is 11.1. The van der Waals surface area contributed by atoms with Gasteiger partial charge in [0.1, 0.15) is 11.4 Å². The molecule has 142 valence electrons. The first-order valence-electron chi connectivity index (χ1n) is 7.87. The van der Waals surface area contributed by atoms with Gasteiger partial charge in [0.15, 0.2) is 0 Å². The van der Waals surface area contributed by atoms with Gasteiger partial charge in [0, 0.05) is 11.4 Å². The fraction of sp³-hybridized carbons (Fsp3) is 0.167. The van der Waals surface area contributed by atoms with Gasteiger partial charge >= 0.3 is 0 Å². The molecule has 0 N–H and O–H groups in total. The summed E-state index contributed by atoms with van der Waals surface area (Å²) in [6, 6.07) is 15.9. The lowest BCUT2D eigenvalue weighted by atomic mass is 10.2. The summed E-state index contributed by atoms with van der Waals surface area (Å²) in [7, 11) is -2.27. The van der Waals surface area contributed by atoms with Gasteiger partial charge in [-0.1, -0.05) is 22.4 Å². The molecule has 0 unspecified atom stereocenters. The highest BCUT2D eigenvalue weighted by atomic mass is 32.2. The first-order valence-corrected chi connectivity index (χ1v) is 9.68. The molecule has 0 amide bonds. The van der Waals surface area contributed by atoms with Crippen LogP contribution in [-0.4, -0.2) is 42.3 Å². The lowest BCUT2D eigenvalue weighted by Crippen LogP contribution is -2.24. The van der Waals surface area contributed by atoms with Crippen LogP contribution >= 0.6 is 0 Å². The standard InChI is InChI=1S/C17H17N4O.CH4O3S/c1-14-3-7-16(8-4-14)21-13-20(12-19-21)18-11-15-5-9-17(22-2)10-6-15;1-5(2,3)4/h3-13H,1-2H3;1H3,(H,2,3,4)/q+1;/p-1/b18-11+;. The van der Waals surface area contributed by atoms with E-state index < -0.39 is 10.1 Å². The molecule has 27 heavy (non-hydrogen) atoms. The van der Waals surface area contributed by atoms with E-state index in [0.29, 0.717) is 6.26 Å². The average Bonchev–Trinajstić information content (AvgIpc) is 3.08. The van der Waals surface area contributed by atoms with Crippen molar-refractivity contribution in [2.24, 2.45) is 5.10 Å². The fourth-order valence-corrected chi connectivity index (χ4v) is 1.99. The van der Waals surface area contributed by atoms with E-state index in [4.69, 9.17) is 17.7 Å². The SMILES string of the molecule is COc1ccc(/C=N/[n+]2cnn(-c3ccc(C)cc3)c2)cc1.CS(=O)(=O)[O-]. The molecule has 8 nitrogen and oxygen atoms in total. The van der Waals surface area contributed by atoms with Crippen LogP contribution in [0.1, 0.15) is 11.1 Å². The maximum Gasteiger partial charge on any atom is 0.289 e. The Balaban J connectivity index is 0.000000465. The highest BCUT2D eigenvalue weighted by molar-refractivity contribution is 7.84. The Kier molecular flexibility index (Phi) is 6.80. The summed E-state index contributed by atoms with van der Waals surface area (Å²) in [6.45, 7) is 2.06. The molecule has 3 aromatic rings. The van der Waals surface area contributed by atoms with Crippen LogP contribution in [0, 0.1) is 6.92 Å². The first kappa shape index (κ1) is 20.3. The Morgan fingerprint density at radius 3 is 2.30 bits per heavy atom. The molecular formula is C18H20N4O4S. The van der Waals surface area contributed by atoms with Crippen molar-refractivity contribution in [3.8, 4) is 11.4 Å². The second-order valence-corrected chi connectivity index (χ2v) is 7.04. The van der Waals surface area contributed by atoms with Crippen molar-refractivity contribution < 1.29 is 22.4 Å². The molecule has 0 aliphatic heterocycles. The number of aryl methyl sites for hydroxylation is 1. The maximum atomic E-state index is 9.08. The molecule has 0 fully saturated rings. The minimum Gasteiger partial charge on any atom is -0.748 e. The van der Waals surface area contributed by atoms with E-state index in [-0.39, 0.29) is 0 Å². The second kappa shape index (κ2) is 9.06. The van der Waals surface area contributed by atoms with Gasteiger partial charge in [0.25, 0.3) is 12.7 Å². The van der Waals surface area contributed by atoms with Crippen molar-refractivity contribution >= 4 is 16.3 Å². The minimum absolute atomic E-state index is 0.604. The zero-order valence-electron chi connectivity index (χ0n) is 15.2. The lowest BCUT2D eigenvalue weighted by Gasteiger charge is -1.97. The second-order valence-electron chi connectivity index (χ2n) is 5.63. The smallest absolute Gasteiger partial charge is 0.289 e. The van der Waals surface area contributed by atoms with Gasteiger partial charge in [-0.3, -0.25) is 0 Å². The van der Waals surface area contributed by atoms with Crippen LogP contribution < -0.4 is 9.41 Å². The zero-order valence-corrected chi connectivity index (χ0v) is 16.0. The summed E-state index contributed by atoms with van der Waals surface area (Å²) < 4.78 is 35.8. The van der Waals surface area contributed by atoms with Gasteiger partial charge in [0.2, 0.25) is 0 Å². The number of benzene rings is 2. The minimum atomic E-state index is -3.92. The van der Waals surface area contributed by atoms with E-state index in [1.165, 1.54) is 5.56 Å². The van der Waals surface area contributed by atoms with Crippen molar-refractivity contribution in [3.05, 3.63) is 72.3 Å². The van der Waals surface area contributed by atoms with Crippen molar-refractivity contribution in [2.75, 3.05) is 13.4 Å². The number of methoxy groups -OCH3 is 1. The molecule has 1 heterocycles. The van der Waals surface area contributed by atoms with E-state index >= 15 is 0 Å². The average molecular weight is 388 g/mol. The predicted octanol–water partition coefficient (Wildman–Crippen LogP) is 1.52. The van der Waals surface area contributed by atoms with Crippen LogP contribution in [0.25, 0.3) is 5.69 Å². The summed E-state index contributed by atoms with van der Waals surface area (Å²) in [5, 5.41) is 8.66. The van der Waals surface area contributed by atoms with E-state index in [9.17, 15) is 0 Å². The van der Waals surface area contributed by atoms with E-state index in [1.54, 1.807) is 29.0 Å². The molecule has 0 spiro atoms. The Bertz CT molecular complexity index is 987. The summed E-state index contributed by atoms with van der Waals surface area (Å²) in [5.74, 6) is 0.831. The molecule has 0 saturated heterocycles. The molecule has 0 bridgehead atoms. The van der Waals surface area contributed by atoms with Crippen LogP contribution in [0.15, 0.2) is 66.3 Å². The maximum absolute atomic E-state index is 9.08.